The molecule has 8 nitrogen and oxygen atoms in total. The Morgan fingerprint density at radius 2 is 1.82 bits per heavy atom. The fourth-order valence-corrected chi connectivity index (χ4v) is 6.21. The molecule has 4 rings (SSSR count). The summed E-state index contributed by atoms with van der Waals surface area (Å²) >= 11 is 0. The van der Waals surface area contributed by atoms with Crippen LogP contribution in [0.1, 0.15) is 35.3 Å². The Morgan fingerprint density at radius 3 is 2.50 bits per heavy atom. The van der Waals surface area contributed by atoms with Gasteiger partial charge in [-0.15, -0.1) is 0 Å². The van der Waals surface area contributed by atoms with Gasteiger partial charge in [-0.3, -0.25) is 9.78 Å². The molecule has 0 fully saturated rings. The summed E-state index contributed by atoms with van der Waals surface area (Å²) in [6.45, 7) is 3.64. The zero-order valence-electron chi connectivity index (χ0n) is 21.8. The minimum Gasteiger partial charge on any atom is -0.487 e. The normalized spacial score (nSPS) is 20.1. The van der Waals surface area contributed by atoms with Gasteiger partial charge in [0.05, 0.1) is 13.2 Å². The summed E-state index contributed by atoms with van der Waals surface area (Å²) < 4.78 is 35.1. The Labute approximate surface area is 224 Å². The molecule has 0 aliphatic carbocycles. The molecular formula is C29H33N3O5S. The Hall–Kier alpha value is -3.53. The van der Waals surface area contributed by atoms with Gasteiger partial charge in [0.2, 0.25) is 10.0 Å². The van der Waals surface area contributed by atoms with Gasteiger partial charge in [-0.1, -0.05) is 55.5 Å². The molecule has 0 spiro atoms. The summed E-state index contributed by atoms with van der Waals surface area (Å²) in [5, 5.41) is 9.84. The van der Waals surface area contributed by atoms with Gasteiger partial charge in [-0.25, -0.2) is 8.42 Å². The lowest BCUT2D eigenvalue weighted by atomic mass is 10.0. The molecule has 1 aliphatic rings. The topological polar surface area (TPSA) is 100 Å². The molecule has 3 atom stereocenters. The van der Waals surface area contributed by atoms with E-state index in [4.69, 9.17) is 4.74 Å². The highest BCUT2D eigenvalue weighted by atomic mass is 32.2. The highest BCUT2D eigenvalue weighted by Gasteiger charge is 2.38. The number of ether oxygens (including phenoxy) is 1. The number of carbonyl (C=O) groups excluding carboxylic acids is 1. The van der Waals surface area contributed by atoms with Crippen molar-refractivity contribution < 1.29 is 23.1 Å². The van der Waals surface area contributed by atoms with Crippen LogP contribution in [0.2, 0.25) is 0 Å². The zero-order chi connectivity index (χ0) is 27.3. The Bertz CT molecular complexity index is 1380. The average molecular weight is 536 g/mol. The van der Waals surface area contributed by atoms with E-state index in [0.29, 0.717) is 5.56 Å². The lowest BCUT2D eigenvalue weighted by Crippen LogP contribution is -2.50. The second kappa shape index (κ2) is 11.9. The predicted molar refractivity (Wildman–Crippen MR) is 147 cm³/mol. The standard InChI is InChI=1S/C29H33N3O5S/c1-21-18-32(22(2)20-33)38(35,36)28-12-11-24(10-9-23-7-5-4-6-8-23)17-26(28)37-27(21)19-31(3)29(34)25-13-15-30-16-14-25/h4-17,21-22,27,33H,18-20H2,1-3H3/b10-9+/t21-,22-,27+/m0/s1. The number of aliphatic hydroxyl groups excluding tert-OH is 1. The van der Waals surface area contributed by atoms with Crippen molar-refractivity contribution in [3.05, 3.63) is 89.7 Å². The fraction of sp³-hybridized carbons (Fsp3) is 0.310. The monoisotopic (exact) mass is 535 g/mol. The third kappa shape index (κ3) is 6.12. The third-order valence-corrected chi connectivity index (χ3v) is 8.71. The summed E-state index contributed by atoms with van der Waals surface area (Å²) in [6.07, 6.45) is 6.48. The van der Waals surface area contributed by atoms with Gasteiger partial charge < -0.3 is 14.7 Å². The van der Waals surface area contributed by atoms with Crippen molar-refractivity contribution in [2.24, 2.45) is 5.92 Å². The molecule has 38 heavy (non-hydrogen) atoms. The van der Waals surface area contributed by atoms with Crippen molar-refractivity contribution >= 4 is 28.1 Å². The maximum atomic E-state index is 13.7. The number of fused-ring (bicyclic) bond motifs is 1. The van der Waals surface area contributed by atoms with Gasteiger partial charge in [-0.05, 0) is 42.3 Å². The lowest BCUT2D eigenvalue weighted by Gasteiger charge is -2.37. The van der Waals surface area contributed by atoms with E-state index >= 15 is 0 Å². The number of likely N-dealkylation sites (N-methyl/N-ethyl adjacent to an activating group) is 1. The van der Waals surface area contributed by atoms with Crippen LogP contribution in [-0.4, -0.2) is 72.5 Å². The maximum Gasteiger partial charge on any atom is 0.253 e. The van der Waals surface area contributed by atoms with Gasteiger partial charge in [-0.2, -0.15) is 4.31 Å². The number of hydrogen-bond acceptors (Lipinski definition) is 6. The first-order chi connectivity index (χ1) is 18.2. The van der Waals surface area contributed by atoms with Gasteiger partial charge in [0.1, 0.15) is 16.7 Å². The quantitative estimate of drug-likeness (QED) is 0.462. The summed E-state index contributed by atoms with van der Waals surface area (Å²) in [5.41, 5.74) is 2.30. The molecule has 0 saturated heterocycles. The smallest absolute Gasteiger partial charge is 0.253 e. The molecule has 0 bridgehead atoms. The van der Waals surface area contributed by atoms with Crippen LogP contribution in [0.25, 0.3) is 12.2 Å². The molecule has 1 aliphatic heterocycles. The van der Waals surface area contributed by atoms with E-state index in [2.05, 4.69) is 4.98 Å². The molecule has 200 valence electrons. The van der Waals surface area contributed by atoms with Crippen molar-refractivity contribution in [3.8, 4) is 5.75 Å². The third-order valence-electron chi connectivity index (χ3n) is 6.69. The number of hydrogen-bond donors (Lipinski definition) is 1. The minimum atomic E-state index is -3.95. The van der Waals surface area contributed by atoms with Crippen molar-refractivity contribution in [1.29, 1.82) is 0 Å². The molecule has 1 aromatic heterocycles. The molecule has 0 unspecified atom stereocenters. The molecular weight excluding hydrogens is 502 g/mol. The molecule has 1 amide bonds. The average Bonchev–Trinajstić information content (AvgIpc) is 2.93. The lowest BCUT2D eigenvalue weighted by molar-refractivity contribution is 0.0563. The number of rotatable bonds is 7. The van der Waals surface area contributed by atoms with E-state index < -0.39 is 22.2 Å². The highest BCUT2D eigenvalue weighted by Crippen LogP contribution is 2.34. The first-order valence-electron chi connectivity index (χ1n) is 12.5. The number of aliphatic hydroxyl groups is 1. The van der Waals surface area contributed by atoms with Crippen LogP contribution in [0.15, 0.2) is 78.0 Å². The number of benzene rings is 2. The van der Waals surface area contributed by atoms with Crippen LogP contribution < -0.4 is 4.74 Å². The molecule has 9 heteroatoms. The SMILES string of the molecule is C[C@H]1CN([C@@H](C)CO)S(=O)(=O)c2ccc(/C=C/c3ccccc3)cc2O[C@@H]1CN(C)C(=O)c1ccncc1. The highest BCUT2D eigenvalue weighted by molar-refractivity contribution is 7.89. The van der Waals surface area contributed by atoms with Gasteiger partial charge in [0, 0.05) is 43.5 Å². The summed E-state index contributed by atoms with van der Waals surface area (Å²) in [6, 6.07) is 17.5. The molecule has 2 heterocycles. The van der Waals surface area contributed by atoms with Crippen molar-refractivity contribution in [3.63, 3.8) is 0 Å². The fourth-order valence-electron chi connectivity index (χ4n) is 4.39. The van der Waals surface area contributed by atoms with E-state index in [1.54, 1.807) is 61.6 Å². The largest absolute Gasteiger partial charge is 0.487 e. The van der Waals surface area contributed by atoms with Gasteiger partial charge in [0.15, 0.2) is 0 Å². The van der Waals surface area contributed by atoms with Crippen LogP contribution >= 0.6 is 0 Å². The second-order valence-corrected chi connectivity index (χ2v) is 11.5. The van der Waals surface area contributed by atoms with E-state index in [1.807, 2.05) is 49.4 Å². The van der Waals surface area contributed by atoms with Crippen LogP contribution in [0.3, 0.4) is 0 Å². The van der Waals surface area contributed by atoms with Crippen LogP contribution in [0.4, 0.5) is 0 Å². The van der Waals surface area contributed by atoms with E-state index in [9.17, 15) is 18.3 Å². The number of sulfonamides is 1. The first-order valence-corrected chi connectivity index (χ1v) is 14.0. The number of carbonyl (C=O) groups is 1. The molecule has 2 aromatic carbocycles. The van der Waals surface area contributed by atoms with E-state index in [-0.39, 0.29) is 42.2 Å². The zero-order valence-corrected chi connectivity index (χ0v) is 22.6. The Kier molecular flexibility index (Phi) is 8.61. The summed E-state index contributed by atoms with van der Waals surface area (Å²) in [4.78, 5) is 18.6. The molecule has 1 N–H and O–H groups in total. The van der Waals surface area contributed by atoms with Crippen molar-refractivity contribution in [2.45, 2.75) is 30.9 Å². The maximum absolute atomic E-state index is 13.7. The summed E-state index contributed by atoms with van der Waals surface area (Å²) in [5.74, 6) is -0.238. The molecule has 0 radical (unpaired) electrons. The Morgan fingerprint density at radius 1 is 1.13 bits per heavy atom. The van der Waals surface area contributed by atoms with E-state index in [0.717, 1.165) is 11.1 Å². The summed E-state index contributed by atoms with van der Waals surface area (Å²) in [7, 11) is -2.25. The van der Waals surface area contributed by atoms with Crippen LogP contribution in [0, 0.1) is 5.92 Å². The number of aromatic nitrogens is 1. The van der Waals surface area contributed by atoms with Crippen molar-refractivity contribution in [2.75, 3.05) is 26.7 Å². The van der Waals surface area contributed by atoms with Gasteiger partial charge >= 0.3 is 0 Å². The molecule has 0 saturated carbocycles. The van der Waals surface area contributed by atoms with Gasteiger partial charge in [0.25, 0.3) is 5.91 Å². The second-order valence-electron chi connectivity index (χ2n) is 9.61. The van der Waals surface area contributed by atoms with Crippen molar-refractivity contribution in [1.82, 2.24) is 14.2 Å². The van der Waals surface area contributed by atoms with Crippen LogP contribution in [0.5, 0.6) is 5.75 Å². The molecule has 3 aromatic rings. The first kappa shape index (κ1) is 27.5. The van der Waals surface area contributed by atoms with E-state index in [1.165, 1.54) is 4.31 Å². The van der Waals surface area contributed by atoms with Crippen LogP contribution in [-0.2, 0) is 10.0 Å². The number of amides is 1. The predicted octanol–water partition coefficient (Wildman–Crippen LogP) is 3.79. The number of pyridine rings is 1. The number of nitrogens with zero attached hydrogens (tertiary/aromatic N) is 3. The minimum absolute atomic E-state index is 0.0367. The Balaban J connectivity index is 1.70.